The van der Waals surface area contributed by atoms with Crippen LogP contribution in [0.5, 0.6) is 0 Å². The Hall–Kier alpha value is -0.460. The van der Waals surface area contributed by atoms with E-state index < -0.39 is 0 Å². The van der Waals surface area contributed by atoms with E-state index in [0.29, 0.717) is 0 Å². The van der Waals surface area contributed by atoms with Gasteiger partial charge in [0, 0.05) is 0 Å². The summed E-state index contributed by atoms with van der Waals surface area (Å²) in [6.07, 6.45) is 20.7. The Labute approximate surface area is 121 Å². The average molecular weight is 268 g/mol. The summed E-state index contributed by atoms with van der Waals surface area (Å²) in [5.41, 5.74) is 0. The van der Waals surface area contributed by atoms with Gasteiger partial charge in [0.2, 0.25) is 0 Å². The van der Waals surface area contributed by atoms with Crippen molar-refractivity contribution in [1.29, 1.82) is 0 Å². The van der Waals surface area contributed by atoms with Crippen molar-refractivity contribution < 1.29 is 5.11 Å². The van der Waals surface area contributed by atoms with Crippen molar-refractivity contribution >= 4 is 0 Å². The molecule has 1 N–H and O–H groups in total. The molecule has 0 aromatic rings. The molecule has 0 fully saturated rings. The van der Waals surface area contributed by atoms with Crippen LogP contribution >= 0.6 is 0 Å². The number of aliphatic hydroxyl groups excluding tert-OH is 1. The van der Waals surface area contributed by atoms with Crippen LogP contribution < -0.4 is 0 Å². The smallest absolute Gasteiger partial charge is 0.0751 e. The molecular weight excluding hydrogens is 232 g/mol. The van der Waals surface area contributed by atoms with Gasteiger partial charge in [0.15, 0.2) is 0 Å². The van der Waals surface area contributed by atoms with Gasteiger partial charge >= 0.3 is 0 Å². The van der Waals surface area contributed by atoms with Gasteiger partial charge in [-0.1, -0.05) is 90.6 Å². The largest absolute Gasteiger partial charge is 0.516 e. The number of hydrogen-bond acceptors (Lipinski definition) is 1. The lowest BCUT2D eigenvalue weighted by Gasteiger charge is -2.10. The number of hydrogen-bond donors (Lipinski definition) is 1. The molecule has 0 rings (SSSR count). The van der Waals surface area contributed by atoms with E-state index in [1.54, 1.807) is 0 Å². The predicted octanol–water partition coefficient (Wildman–Crippen LogP) is 6.79. The Morgan fingerprint density at radius 1 is 0.789 bits per heavy atom. The zero-order valence-electron chi connectivity index (χ0n) is 13.4. The van der Waals surface area contributed by atoms with Crippen LogP contribution in [0.2, 0.25) is 0 Å². The lowest BCUT2D eigenvalue weighted by Crippen LogP contribution is -1.95. The molecule has 0 aliphatic rings. The van der Waals surface area contributed by atoms with Crippen LogP contribution in [-0.4, -0.2) is 5.11 Å². The highest BCUT2D eigenvalue weighted by Gasteiger charge is 2.01. The Kier molecular flexibility index (Phi) is 15.2. The second-order valence-corrected chi connectivity index (χ2v) is 6.04. The van der Waals surface area contributed by atoms with E-state index in [1.165, 1.54) is 83.3 Å². The summed E-state index contributed by atoms with van der Waals surface area (Å²) in [6, 6.07) is 0. The van der Waals surface area contributed by atoms with Crippen molar-refractivity contribution in [2.24, 2.45) is 5.92 Å². The first-order chi connectivity index (χ1) is 9.31. The molecule has 0 saturated heterocycles. The van der Waals surface area contributed by atoms with Crippen LogP contribution in [0.25, 0.3) is 0 Å². The minimum Gasteiger partial charge on any atom is -0.516 e. The van der Waals surface area contributed by atoms with Gasteiger partial charge in [0.25, 0.3) is 0 Å². The van der Waals surface area contributed by atoms with E-state index in [0.717, 1.165) is 12.3 Å². The van der Waals surface area contributed by atoms with Crippen LogP contribution in [0.3, 0.4) is 0 Å². The fraction of sp³-hybridized carbons (Fsp3) is 0.889. The van der Waals surface area contributed by atoms with Crippen LogP contribution in [0.4, 0.5) is 0 Å². The van der Waals surface area contributed by atoms with Gasteiger partial charge in [-0.2, -0.15) is 0 Å². The van der Waals surface area contributed by atoms with Gasteiger partial charge < -0.3 is 5.11 Å². The van der Waals surface area contributed by atoms with Crippen LogP contribution in [0.1, 0.15) is 97.3 Å². The number of rotatable bonds is 14. The summed E-state index contributed by atoms with van der Waals surface area (Å²) in [6.45, 7) is 4.67. The third-order valence-corrected chi connectivity index (χ3v) is 3.97. The first-order valence-electron chi connectivity index (χ1n) is 8.60. The molecule has 0 aliphatic heterocycles. The molecule has 1 unspecified atom stereocenters. The van der Waals surface area contributed by atoms with Crippen LogP contribution in [0, 0.1) is 5.92 Å². The Balaban J connectivity index is 3.13. The van der Waals surface area contributed by atoms with E-state index >= 15 is 0 Å². The Morgan fingerprint density at radius 2 is 1.32 bits per heavy atom. The highest BCUT2D eigenvalue weighted by molar-refractivity contribution is 4.71. The van der Waals surface area contributed by atoms with Gasteiger partial charge in [-0.15, -0.1) is 0 Å². The van der Waals surface area contributed by atoms with Crippen LogP contribution in [0.15, 0.2) is 12.3 Å². The van der Waals surface area contributed by atoms with Gasteiger partial charge in [-0.3, -0.25) is 0 Å². The molecule has 0 bridgehead atoms. The standard InChI is InChI=1S/C18H36O/c1-3-4-5-6-7-8-9-12-15-18(2)16-13-10-11-14-17-19/h14,17-19H,3-13,15-16H2,1-2H3/b17-14+. The Bertz CT molecular complexity index is 186. The zero-order valence-corrected chi connectivity index (χ0v) is 13.4. The maximum absolute atomic E-state index is 8.53. The summed E-state index contributed by atoms with van der Waals surface area (Å²) in [5.74, 6) is 0.887. The van der Waals surface area contributed by atoms with Crippen molar-refractivity contribution in [3.05, 3.63) is 12.3 Å². The number of allylic oxidation sites excluding steroid dienone is 1. The molecule has 0 saturated carbocycles. The molecule has 19 heavy (non-hydrogen) atoms. The molecule has 0 aromatic heterocycles. The molecular formula is C18H36O. The summed E-state index contributed by atoms with van der Waals surface area (Å²) in [7, 11) is 0. The molecule has 0 aliphatic carbocycles. The number of aliphatic hydroxyl groups is 1. The van der Waals surface area contributed by atoms with Gasteiger partial charge in [-0.25, -0.2) is 0 Å². The topological polar surface area (TPSA) is 20.2 Å². The van der Waals surface area contributed by atoms with Crippen molar-refractivity contribution in [3.8, 4) is 0 Å². The maximum Gasteiger partial charge on any atom is 0.0751 e. The van der Waals surface area contributed by atoms with Gasteiger partial charge in [0.1, 0.15) is 0 Å². The SMILES string of the molecule is CCCCCCCCCCC(C)CCCC/C=C/O. The second-order valence-electron chi connectivity index (χ2n) is 6.04. The summed E-state index contributed by atoms with van der Waals surface area (Å²) >= 11 is 0. The quantitative estimate of drug-likeness (QED) is 0.272. The lowest BCUT2D eigenvalue weighted by atomic mass is 9.96. The van der Waals surface area contributed by atoms with E-state index in [4.69, 9.17) is 5.11 Å². The lowest BCUT2D eigenvalue weighted by molar-refractivity contribution is 0.436. The van der Waals surface area contributed by atoms with E-state index in [2.05, 4.69) is 13.8 Å². The first-order valence-corrected chi connectivity index (χ1v) is 8.60. The minimum absolute atomic E-state index is 0.887. The average Bonchev–Trinajstić information content (AvgIpc) is 2.41. The second kappa shape index (κ2) is 15.6. The first kappa shape index (κ1) is 18.5. The van der Waals surface area contributed by atoms with Crippen molar-refractivity contribution in [1.82, 2.24) is 0 Å². The zero-order chi connectivity index (χ0) is 14.2. The van der Waals surface area contributed by atoms with E-state index in [-0.39, 0.29) is 0 Å². The predicted molar refractivity (Wildman–Crippen MR) is 86.6 cm³/mol. The fourth-order valence-corrected chi connectivity index (χ4v) is 2.60. The molecule has 0 spiro atoms. The normalized spacial score (nSPS) is 13.2. The van der Waals surface area contributed by atoms with Crippen molar-refractivity contribution in [2.75, 3.05) is 0 Å². The molecule has 0 radical (unpaired) electrons. The summed E-state index contributed by atoms with van der Waals surface area (Å²) < 4.78 is 0. The highest BCUT2D eigenvalue weighted by Crippen LogP contribution is 2.17. The number of unbranched alkanes of at least 4 members (excludes halogenated alkanes) is 9. The Morgan fingerprint density at radius 3 is 1.89 bits per heavy atom. The molecule has 0 heterocycles. The van der Waals surface area contributed by atoms with Gasteiger partial charge in [0.05, 0.1) is 6.26 Å². The molecule has 114 valence electrons. The van der Waals surface area contributed by atoms with Crippen LogP contribution in [-0.2, 0) is 0 Å². The van der Waals surface area contributed by atoms with E-state index in [1.807, 2.05) is 6.08 Å². The third-order valence-electron chi connectivity index (χ3n) is 3.97. The van der Waals surface area contributed by atoms with Crippen molar-refractivity contribution in [3.63, 3.8) is 0 Å². The fourth-order valence-electron chi connectivity index (χ4n) is 2.60. The third kappa shape index (κ3) is 15.5. The summed E-state index contributed by atoms with van der Waals surface area (Å²) in [5, 5.41) is 8.53. The van der Waals surface area contributed by atoms with E-state index in [9.17, 15) is 0 Å². The van der Waals surface area contributed by atoms with Crippen molar-refractivity contribution in [2.45, 2.75) is 97.3 Å². The highest BCUT2D eigenvalue weighted by atomic mass is 16.2. The molecule has 1 nitrogen and oxygen atoms in total. The molecule has 1 heteroatoms. The monoisotopic (exact) mass is 268 g/mol. The molecule has 0 amide bonds. The van der Waals surface area contributed by atoms with Gasteiger partial charge in [-0.05, 0) is 18.8 Å². The molecule has 1 atom stereocenters. The minimum atomic E-state index is 0.887. The molecule has 0 aromatic carbocycles. The maximum atomic E-state index is 8.53. The summed E-state index contributed by atoms with van der Waals surface area (Å²) in [4.78, 5) is 0.